The average molecular weight is 490 g/mol. The molecule has 0 bridgehead atoms. The lowest BCUT2D eigenvalue weighted by Gasteiger charge is -2.17. The Morgan fingerprint density at radius 3 is 2.60 bits per heavy atom. The summed E-state index contributed by atoms with van der Waals surface area (Å²) in [6.07, 6.45) is -4.41. The van der Waals surface area contributed by atoms with E-state index in [0.717, 1.165) is 6.07 Å². The summed E-state index contributed by atoms with van der Waals surface area (Å²) in [6.45, 7) is -1.65. The van der Waals surface area contributed by atoms with Gasteiger partial charge in [-0.15, -0.1) is 5.10 Å². The molecule has 2 heterocycles. The van der Waals surface area contributed by atoms with Crippen molar-refractivity contribution in [3.63, 3.8) is 0 Å². The molecule has 1 atom stereocenters. The summed E-state index contributed by atoms with van der Waals surface area (Å²) < 4.78 is 57.9. The summed E-state index contributed by atoms with van der Waals surface area (Å²) in [5, 5.41) is 7.16. The van der Waals surface area contributed by atoms with E-state index in [1.54, 1.807) is 30.3 Å². The van der Waals surface area contributed by atoms with Crippen molar-refractivity contribution in [1.82, 2.24) is 15.1 Å². The van der Waals surface area contributed by atoms with Crippen molar-refractivity contribution in [3.8, 4) is 16.9 Å². The number of hydrogen-bond acceptors (Lipinski definition) is 4. The standard InChI is InChI=1S/C24H22F4N4O3/c1-31(23(34)17-10-22(33)29-12-17)21-11-20(32(30-21)19-5-3-2-4-6-19)16-7-15(8-18(25)9-16)13-35-14-24(26,27)28/h2-9,11,17H,10,12-14H2,1H3,(H,29,33)/t17-/m0/s1. The summed E-state index contributed by atoms with van der Waals surface area (Å²) in [5.41, 5.74) is 1.61. The highest BCUT2D eigenvalue weighted by Crippen LogP contribution is 2.30. The summed E-state index contributed by atoms with van der Waals surface area (Å²) in [6, 6.07) is 14.4. The number of para-hydroxylation sites is 1. The molecular formula is C24H22F4N4O3. The third-order valence-electron chi connectivity index (χ3n) is 5.49. The number of nitrogens with zero attached hydrogens (tertiary/aromatic N) is 3. The maximum Gasteiger partial charge on any atom is 0.411 e. The number of amides is 2. The van der Waals surface area contributed by atoms with Crippen LogP contribution in [0.1, 0.15) is 12.0 Å². The molecule has 1 aliphatic heterocycles. The first-order valence-electron chi connectivity index (χ1n) is 10.7. The van der Waals surface area contributed by atoms with Crippen molar-refractivity contribution < 1.29 is 31.9 Å². The van der Waals surface area contributed by atoms with Crippen LogP contribution < -0.4 is 10.2 Å². The normalized spacial score (nSPS) is 15.8. The van der Waals surface area contributed by atoms with Crippen LogP contribution in [0.3, 0.4) is 0 Å². The maximum atomic E-state index is 14.4. The highest BCUT2D eigenvalue weighted by molar-refractivity contribution is 5.98. The van der Waals surface area contributed by atoms with Crippen molar-refractivity contribution in [1.29, 1.82) is 0 Å². The molecule has 1 N–H and O–H groups in total. The number of anilines is 1. The van der Waals surface area contributed by atoms with E-state index < -0.39 is 31.1 Å². The highest BCUT2D eigenvalue weighted by Gasteiger charge is 2.32. The molecule has 11 heteroatoms. The molecule has 0 aliphatic carbocycles. The Labute approximate surface area is 198 Å². The van der Waals surface area contributed by atoms with Gasteiger partial charge < -0.3 is 10.1 Å². The average Bonchev–Trinajstić information content (AvgIpc) is 3.44. The van der Waals surface area contributed by atoms with Gasteiger partial charge in [0, 0.05) is 31.6 Å². The molecule has 1 aliphatic rings. The lowest BCUT2D eigenvalue weighted by molar-refractivity contribution is -0.176. The van der Waals surface area contributed by atoms with E-state index in [1.165, 1.54) is 28.8 Å². The predicted molar refractivity (Wildman–Crippen MR) is 119 cm³/mol. The van der Waals surface area contributed by atoms with Crippen LogP contribution in [0, 0.1) is 11.7 Å². The molecule has 2 amide bonds. The Bertz CT molecular complexity index is 1230. The first-order chi connectivity index (χ1) is 16.6. The zero-order valence-corrected chi connectivity index (χ0v) is 18.7. The molecule has 1 saturated heterocycles. The van der Waals surface area contributed by atoms with Gasteiger partial charge in [-0.05, 0) is 35.9 Å². The van der Waals surface area contributed by atoms with Crippen LogP contribution in [0.15, 0.2) is 54.6 Å². The Balaban J connectivity index is 1.69. The van der Waals surface area contributed by atoms with Gasteiger partial charge >= 0.3 is 6.18 Å². The zero-order chi connectivity index (χ0) is 25.2. The second-order valence-corrected chi connectivity index (χ2v) is 8.19. The predicted octanol–water partition coefficient (Wildman–Crippen LogP) is 3.86. The number of carbonyl (C=O) groups is 2. The third-order valence-corrected chi connectivity index (χ3v) is 5.49. The molecule has 0 saturated carbocycles. The SMILES string of the molecule is CN(C(=O)[C@@H]1CNC(=O)C1)c1cc(-c2cc(F)cc(COCC(F)(F)F)c2)n(-c2ccccc2)n1. The molecule has 1 fully saturated rings. The van der Waals surface area contributed by atoms with Gasteiger partial charge in [0.1, 0.15) is 12.4 Å². The molecule has 2 aromatic carbocycles. The fourth-order valence-electron chi connectivity index (χ4n) is 3.84. The zero-order valence-electron chi connectivity index (χ0n) is 18.7. The molecule has 184 valence electrons. The Morgan fingerprint density at radius 2 is 1.94 bits per heavy atom. The van der Waals surface area contributed by atoms with E-state index in [4.69, 9.17) is 0 Å². The van der Waals surface area contributed by atoms with Crippen LogP contribution in [-0.2, 0) is 20.9 Å². The van der Waals surface area contributed by atoms with Crippen molar-refractivity contribution >= 4 is 17.6 Å². The highest BCUT2D eigenvalue weighted by atomic mass is 19.4. The lowest BCUT2D eigenvalue weighted by atomic mass is 10.1. The minimum absolute atomic E-state index is 0.0839. The van der Waals surface area contributed by atoms with Crippen LogP contribution in [0.25, 0.3) is 16.9 Å². The number of rotatable bonds is 7. The number of carbonyl (C=O) groups excluding carboxylic acids is 2. The number of nitrogens with one attached hydrogen (secondary N) is 1. The Kier molecular flexibility index (Phi) is 6.88. The van der Waals surface area contributed by atoms with Crippen LogP contribution >= 0.6 is 0 Å². The minimum atomic E-state index is -4.49. The third kappa shape index (κ3) is 5.86. The van der Waals surface area contributed by atoms with Gasteiger partial charge in [-0.3, -0.25) is 14.5 Å². The van der Waals surface area contributed by atoms with E-state index in [2.05, 4.69) is 15.2 Å². The summed E-state index contributed by atoms with van der Waals surface area (Å²) in [4.78, 5) is 25.8. The largest absolute Gasteiger partial charge is 0.411 e. The second kappa shape index (κ2) is 9.87. The van der Waals surface area contributed by atoms with E-state index >= 15 is 0 Å². The van der Waals surface area contributed by atoms with Gasteiger partial charge in [-0.1, -0.05) is 18.2 Å². The number of ether oxygens (including phenoxy) is 1. The monoisotopic (exact) mass is 490 g/mol. The Morgan fingerprint density at radius 1 is 1.20 bits per heavy atom. The van der Waals surface area contributed by atoms with Crippen molar-refractivity contribution in [2.45, 2.75) is 19.2 Å². The van der Waals surface area contributed by atoms with Gasteiger partial charge in [0.2, 0.25) is 11.8 Å². The van der Waals surface area contributed by atoms with Crippen LogP contribution in [-0.4, -0.2) is 48.0 Å². The summed E-state index contributed by atoms with van der Waals surface area (Å²) >= 11 is 0. The van der Waals surface area contributed by atoms with Gasteiger partial charge in [0.05, 0.1) is 23.9 Å². The van der Waals surface area contributed by atoms with Crippen LogP contribution in [0.5, 0.6) is 0 Å². The van der Waals surface area contributed by atoms with E-state index in [0.29, 0.717) is 16.9 Å². The summed E-state index contributed by atoms with van der Waals surface area (Å²) in [7, 11) is 1.54. The molecular weight excluding hydrogens is 468 g/mol. The maximum absolute atomic E-state index is 14.4. The van der Waals surface area contributed by atoms with Gasteiger partial charge in [-0.2, -0.15) is 13.2 Å². The molecule has 0 unspecified atom stereocenters. The van der Waals surface area contributed by atoms with E-state index in [1.807, 2.05) is 6.07 Å². The number of alkyl halides is 3. The fourth-order valence-corrected chi connectivity index (χ4v) is 3.84. The van der Waals surface area contributed by atoms with Crippen molar-refractivity contribution in [2.75, 3.05) is 25.1 Å². The topological polar surface area (TPSA) is 76.5 Å². The fraction of sp³-hybridized carbons (Fsp3) is 0.292. The van der Waals surface area contributed by atoms with Crippen LogP contribution in [0.2, 0.25) is 0 Å². The second-order valence-electron chi connectivity index (χ2n) is 8.19. The van der Waals surface area contributed by atoms with Gasteiger partial charge in [-0.25, -0.2) is 9.07 Å². The molecule has 0 spiro atoms. The Hall–Kier alpha value is -3.73. The smallest absolute Gasteiger partial charge is 0.367 e. The first kappa shape index (κ1) is 24.4. The van der Waals surface area contributed by atoms with E-state index in [-0.39, 0.29) is 36.2 Å². The van der Waals surface area contributed by atoms with Gasteiger partial charge in [0.25, 0.3) is 0 Å². The summed E-state index contributed by atoms with van der Waals surface area (Å²) in [5.74, 6) is -1.41. The molecule has 3 aromatic rings. The first-order valence-corrected chi connectivity index (χ1v) is 10.7. The molecule has 35 heavy (non-hydrogen) atoms. The number of hydrogen-bond donors (Lipinski definition) is 1. The number of halogens is 4. The molecule has 0 radical (unpaired) electrons. The molecule has 4 rings (SSSR count). The lowest BCUT2D eigenvalue weighted by Crippen LogP contribution is -2.34. The number of aromatic nitrogens is 2. The molecule has 7 nitrogen and oxygen atoms in total. The van der Waals surface area contributed by atoms with Crippen LogP contribution in [0.4, 0.5) is 23.4 Å². The molecule has 1 aromatic heterocycles. The van der Waals surface area contributed by atoms with Crippen molar-refractivity contribution in [2.24, 2.45) is 5.92 Å². The van der Waals surface area contributed by atoms with Crippen molar-refractivity contribution in [3.05, 3.63) is 66.0 Å². The van der Waals surface area contributed by atoms with Gasteiger partial charge in [0.15, 0.2) is 5.82 Å². The number of benzene rings is 2. The quantitative estimate of drug-likeness (QED) is 0.511. The minimum Gasteiger partial charge on any atom is -0.367 e. The van der Waals surface area contributed by atoms with E-state index in [9.17, 15) is 27.2 Å².